The number of halogens is 12. The smallest absolute Gasteiger partial charge is 0.499 e. The average molecular weight is 770 g/mol. The van der Waals surface area contributed by atoms with Crippen LogP contribution >= 0.6 is 48.2 Å². The van der Waals surface area contributed by atoms with Crippen LogP contribution < -0.4 is 0 Å². The molecule has 238 valence electrons. The molecule has 0 radical (unpaired) electrons. The molecule has 0 aliphatic carbocycles. The molecule has 0 aliphatic heterocycles. The van der Waals surface area contributed by atoms with E-state index in [9.17, 15) is 52.7 Å². The van der Waals surface area contributed by atoms with Gasteiger partial charge in [0.1, 0.15) is 48.2 Å². The van der Waals surface area contributed by atoms with E-state index in [4.69, 9.17) is 6.96 Å². The monoisotopic (exact) mass is 770 g/mol. The molecule has 0 amide bonds. The van der Waals surface area contributed by atoms with Crippen LogP contribution in [-0.4, -0.2) is 69.4 Å². The van der Waals surface area contributed by atoms with Gasteiger partial charge in [-0.25, -0.2) is 0 Å². The summed E-state index contributed by atoms with van der Waals surface area (Å²) in [6.45, 7) is 2.47. The van der Waals surface area contributed by atoms with E-state index in [0.29, 0.717) is 0 Å². The molecule has 0 heterocycles. The Morgan fingerprint density at radius 1 is 0.425 bits per heavy atom. The van der Waals surface area contributed by atoms with Crippen LogP contribution in [0.15, 0.2) is 0 Å². The largest absolute Gasteiger partial charge is 0.957 e. The molecular weight excluding hydrogens is 762 g/mol. The third kappa shape index (κ3) is 28.3. The van der Waals surface area contributed by atoms with Crippen LogP contribution in [0.5, 0.6) is 0 Å². The van der Waals surface area contributed by atoms with Gasteiger partial charge in [-0.2, -0.15) is 52.7 Å². The number of alkyl halides is 12. The first-order valence-corrected chi connectivity index (χ1v) is 20.2. The molecule has 2 atom stereocenters. The van der Waals surface area contributed by atoms with Gasteiger partial charge in [-0.15, -0.1) is 17.3 Å². The third-order valence-corrected chi connectivity index (χ3v) is 17.9. The Morgan fingerprint density at radius 3 is 0.800 bits per heavy atom. The summed E-state index contributed by atoms with van der Waals surface area (Å²) < 4.78 is 186. The Labute approximate surface area is 242 Å². The van der Waals surface area contributed by atoms with Crippen molar-refractivity contribution in [2.45, 2.75) is 35.1 Å². The second kappa shape index (κ2) is 20.5. The van der Waals surface area contributed by atoms with Gasteiger partial charge in [-0.3, -0.25) is 15.8 Å². The van der Waals surface area contributed by atoms with Crippen LogP contribution in [-0.2, 0) is 60.2 Å². The molecule has 0 bridgehead atoms. The van der Waals surface area contributed by atoms with Crippen molar-refractivity contribution in [3.63, 3.8) is 0 Å². The quantitative estimate of drug-likeness (QED) is 0.0389. The zero-order chi connectivity index (χ0) is 31.0. The lowest BCUT2D eigenvalue weighted by atomic mass is 11.6. The fraction of sp³-hybridized carbons (Fsp3) is 1.00. The van der Waals surface area contributed by atoms with Crippen molar-refractivity contribution in [3.8, 4) is 0 Å². The van der Waals surface area contributed by atoms with Crippen molar-refractivity contribution >= 4 is 95.6 Å². The highest BCUT2D eigenvalue weighted by atomic mass is 32.2. The minimum Gasteiger partial charge on any atom is -0.499 e. The minimum atomic E-state index is -4.98. The summed E-state index contributed by atoms with van der Waals surface area (Å²) in [6, 6.07) is 0. The molecule has 0 fully saturated rings. The zero-order valence-corrected chi connectivity index (χ0v) is 26.1. The SMILES string of the molecule is C[SiH]([O][Al]([O]OOSC(F)(F)F)[O]OOSC(F)(F)F)[SiH](C)[O][Al]([O]OOSC(F)(F)F)[O]OOSC(F)(F)F. The molecule has 0 aromatic heterocycles. The molecule has 0 aromatic rings. The number of hydrogen-bond donors (Lipinski definition) is 0. The first-order chi connectivity index (χ1) is 18.2. The first kappa shape index (κ1) is 41.5. The highest BCUT2D eigenvalue weighted by Crippen LogP contribution is 2.33. The molecule has 0 aliphatic rings. The molecule has 0 saturated heterocycles. The van der Waals surface area contributed by atoms with Crippen molar-refractivity contribution in [2.75, 3.05) is 0 Å². The summed E-state index contributed by atoms with van der Waals surface area (Å²) in [5.41, 5.74) is -19.9. The van der Waals surface area contributed by atoms with Gasteiger partial charge in [-0.05, 0) is 0 Å². The molecule has 14 nitrogen and oxygen atoms in total. The van der Waals surface area contributed by atoms with Gasteiger partial charge in [0.2, 0.25) is 0 Å². The van der Waals surface area contributed by atoms with Crippen LogP contribution in [0.25, 0.3) is 0 Å². The summed E-state index contributed by atoms with van der Waals surface area (Å²) in [7, 11) is -5.81. The Balaban J connectivity index is 5.02. The van der Waals surface area contributed by atoms with Gasteiger partial charge in [0.15, 0.2) is 17.1 Å². The van der Waals surface area contributed by atoms with Gasteiger partial charge in [0, 0.05) is 0 Å². The topological polar surface area (TPSA) is 129 Å². The van der Waals surface area contributed by atoms with E-state index in [0.717, 1.165) is 0 Å². The molecule has 0 N–H and O–H groups in total. The summed E-state index contributed by atoms with van der Waals surface area (Å²) >= 11 is -13.0. The summed E-state index contributed by atoms with van der Waals surface area (Å²) in [4.78, 5) is 0. The van der Waals surface area contributed by atoms with Crippen LogP contribution in [0.2, 0.25) is 13.1 Å². The number of hydrogen-bond acceptors (Lipinski definition) is 18. The van der Waals surface area contributed by atoms with Crippen molar-refractivity contribution in [1.29, 1.82) is 0 Å². The van der Waals surface area contributed by atoms with Crippen LogP contribution in [0.3, 0.4) is 0 Å². The fourth-order valence-electron chi connectivity index (χ4n) is 1.10. The normalized spacial score (nSPS) is 14.8. The van der Waals surface area contributed by atoms with Crippen molar-refractivity contribution in [2.24, 2.45) is 0 Å². The Morgan fingerprint density at radius 2 is 0.625 bits per heavy atom. The zero-order valence-electron chi connectivity index (χ0n) is 18.2. The average Bonchev–Trinajstić information content (AvgIpc) is 2.76. The van der Waals surface area contributed by atoms with Gasteiger partial charge < -0.3 is 6.96 Å². The molecule has 0 aromatic carbocycles. The van der Waals surface area contributed by atoms with E-state index in [-0.39, 0.29) is 0 Å². The highest BCUT2D eigenvalue weighted by Gasteiger charge is 2.45. The summed E-state index contributed by atoms with van der Waals surface area (Å²) in [5.74, 6) is 0. The minimum absolute atomic E-state index is 1.23. The molecule has 40 heavy (non-hydrogen) atoms. The second-order valence-corrected chi connectivity index (χ2v) is 20.9. The van der Waals surface area contributed by atoms with Gasteiger partial charge in [0.05, 0.1) is 0 Å². The van der Waals surface area contributed by atoms with Crippen LogP contribution in [0, 0.1) is 0 Å². The lowest BCUT2D eigenvalue weighted by molar-refractivity contribution is -0.465. The van der Waals surface area contributed by atoms with E-state index in [1.807, 2.05) is 0 Å². The maximum Gasteiger partial charge on any atom is 0.957 e. The Hall–Kier alpha value is 1.50. The van der Waals surface area contributed by atoms with Crippen LogP contribution in [0.4, 0.5) is 52.7 Å². The maximum atomic E-state index is 12.0. The van der Waals surface area contributed by atoms with Gasteiger partial charge >= 0.3 is 52.3 Å². The van der Waals surface area contributed by atoms with Crippen LogP contribution in [0.1, 0.15) is 0 Å². The van der Waals surface area contributed by atoms with Crippen molar-refractivity contribution < 1.29 is 113 Å². The lowest BCUT2D eigenvalue weighted by Gasteiger charge is -2.22. The summed E-state index contributed by atoms with van der Waals surface area (Å²) in [6.07, 6.45) is 0. The van der Waals surface area contributed by atoms with E-state index in [1.165, 1.54) is 13.1 Å². The second-order valence-electron chi connectivity index (χ2n) is 5.31. The van der Waals surface area contributed by atoms with Gasteiger partial charge in [-0.1, -0.05) is 33.2 Å². The van der Waals surface area contributed by atoms with E-state index >= 15 is 0 Å². The maximum absolute atomic E-state index is 12.0. The van der Waals surface area contributed by atoms with E-state index in [1.54, 1.807) is 0 Å². The van der Waals surface area contributed by atoms with E-state index < -0.39 is 118 Å². The molecule has 2 unspecified atom stereocenters. The predicted octanol–water partition coefficient (Wildman–Crippen LogP) is 4.97. The Bertz CT molecular complexity index is 575. The van der Waals surface area contributed by atoms with E-state index in [2.05, 4.69) is 53.2 Å². The van der Waals surface area contributed by atoms with Crippen molar-refractivity contribution in [3.05, 3.63) is 0 Å². The molecule has 0 rings (SSSR count). The molecule has 34 heteroatoms. The lowest BCUT2D eigenvalue weighted by Crippen LogP contribution is -2.46. The third-order valence-electron chi connectivity index (χ3n) is 2.41. The van der Waals surface area contributed by atoms with Gasteiger partial charge in [0.25, 0.3) is 0 Å². The highest BCUT2D eigenvalue weighted by molar-refractivity contribution is 7.96. The standard InChI is InChI=1S/C2H8O2Si2.4CHF3O3S.2Al/c1-5(3)6(2)4;4*2-1(3,4)8-7-6-5;;/h5-6H,1-2H3;4*5H;;/q-2;;;;;2*+3/p-4. The summed E-state index contributed by atoms with van der Waals surface area (Å²) in [5, 5.41) is 14.8. The first-order valence-electron chi connectivity index (χ1n) is 8.46. The molecule has 0 saturated carbocycles. The fourth-order valence-corrected chi connectivity index (χ4v) is 13.9. The van der Waals surface area contributed by atoms with Crippen molar-refractivity contribution in [1.82, 2.24) is 0 Å². The number of rotatable bonds is 21. The molecule has 0 spiro atoms. The Kier molecular flexibility index (Phi) is 21.3. The molecular formula is C6H8Al2F12O14S4Si2. The predicted molar refractivity (Wildman–Crippen MR) is 107 cm³/mol.